The molecule has 1 saturated carbocycles. The van der Waals surface area contributed by atoms with Crippen molar-refractivity contribution in [1.29, 1.82) is 0 Å². The summed E-state index contributed by atoms with van der Waals surface area (Å²) in [6.07, 6.45) is 10.1. The molecule has 1 atom stereocenters. The van der Waals surface area contributed by atoms with Crippen LogP contribution in [0.2, 0.25) is 0 Å². The van der Waals surface area contributed by atoms with E-state index in [2.05, 4.69) is 27.3 Å². The Bertz CT molecular complexity index is 548. The second-order valence-electron chi connectivity index (χ2n) is 7.61. The van der Waals surface area contributed by atoms with Crippen LogP contribution in [0, 0.1) is 12.8 Å². The molecule has 0 radical (unpaired) electrons. The van der Waals surface area contributed by atoms with Crippen LogP contribution in [-0.2, 0) is 6.42 Å². The Morgan fingerprint density at radius 2 is 2.04 bits per heavy atom. The van der Waals surface area contributed by atoms with Crippen LogP contribution in [0.5, 0.6) is 0 Å². The molecule has 0 bridgehead atoms. The lowest BCUT2D eigenvalue weighted by Gasteiger charge is -2.36. The number of aromatic amines is 1. The van der Waals surface area contributed by atoms with Crippen molar-refractivity contribution in [3.8, 4) is 0 Å². The Morgan fingerprint density at radius 3 is 2.75 bits per heavy atom. The van der Waals surface area contributed by atoms with Crippen molar-refractivity contribution in [2.75, 3.05) is 19.6 Å². The first-order valence-electron chi connectivity index (χ1n) is 9.74. The van der Waals surface area contributed by atoms with Gasteiger partial charge in [0.15, 0.2) is 5.69 Å². The number of amides is 1. The first-order chi connectivity index (χ1) is 11.7. The minimum atomic E-state index is -0.0204. The molecular formula is C19H32N4O. The molecule has 1 amide bonds. The number of carbonyl (C=O) groups is 1. The highest BCUT2D eigenvalue weighted by Gasteiger charge is 2.26. The van der Waals surface area contributed by atoms with Crippen molar-refractivity contribution in [1.82, 2.24) is 20.4 Å². The number of hydrogen-bond donors (Lipinski definition) is 2. The Kier molecular flexibility index (Phi) is 5.93. The average Bonchev–Trinajstić information content (AvgIpc) is 2.97. The smallest absolute Gasteiger partial charge is 0.272 e. The van der Waals surface area contributed by atoms with Crippen LogP contribution in [0.15, 0.2) is 0 Å². The molecule has 2 fully saturated rings. The number of aryl methyl sites for hydroxylation is 1. The number of nitrogens with one attached hydrogen (secondary N) is 2. The molecule has 134 valence electrons. The van der Waals surface area contributed by atoms with E-state index in [0.717, 1.165) is 36.6 Å². The highest BCUT2D eigenvalue weighted by Crippen LogP contribution is 2.25. The summed E-state index contributed by atoms with van der Waals surface area (Å²) in [7, 11) is 0. The molecule has 1 aromatic heterocycles. The molecule has 1 aliphatic carbocycles. The molecule has 1 saturated heterocycles. The maximum Gasteiger partial charge on any atom is 0.272 e. The lowest BCUT2D eigenvalue weighted by molar-refractivity contribution is 0.0884. The highest BCUT2D eigenvalue weighted by molar-refractivity contribution is 5.94. The molecule has 0 unspecified atom stereocenters. The van der Waals surface area contributed by atoms with Gasteiger partial charge in [-0.05, 0) is 51.5 Å². The number of aromatic nitrogens is 2. The summed E-state index contributed by atoms with van der Waals surface area (Å²) in [6.45, 7) is 7.45. The predicted molar refractivity (Wildman–Crippen MR) is 96.2 cm³/mol. The van der Waals surface area contributed by atoms with Crippen LogP contribution in [0.1, 0.15) is 73.6 Å². The molecule has 1 aliphatic heterocycles. The highest BCUT2D eigenvalue weighted by atomic mass is 16.2. The minimum absolute atomic E-state index is 0.0204. The summed E-state index contributed by atoms with van der Waals surface area (Å²) in [5, 5.41) is 10.4. The summed E-state index contributed by atoms with van der Waals surface area (Å²) in [5.41, 5.74) is 2.61. The number of carbonyl (C=O) groups excluding carboxylic acids is 1. The normalized spacial score (nSPS) is 23.3. The lowest BCUT2D eigenvalue weighted by Crippen LogP contribution is -2.49. The zero-order valence-electron chi connectivity index (χ0n) is 15.2. The van der Waals surface area contributed by atoms with Gasteiger partial charge in [0.1, 0.15) is 0 Å². The monoisotopic (exact) mass is 332 g/mol. The van der Waals surface area contributed by atoms with E-state index in [1.807, 2.05) is 6.92 Å². The number of likely N-dealkylation sites (tertiary alicyclic amines) is 1. The van der Waals surface area contributed by atoms with E-state index < -0.39 is 0 Å². The Morgan fingerprint density at radius 1 is 1.25 bits per heavy atom. The van der Waals surface area contributed by atoms with E-state index in [9.17, 15) is 4.79 Å². The van der Waals surface area contributed by atoms with Gasteiger partial charge in [-0.2, -0.15) is 5.10 Å². The van der Waals surface area contributed by atoms with Gasteiger partial charge in [-0.3, -0.25) is 9.89 Å². The first-order valence-corrected chi connectivity index (χ1v) is 9.74. The molecular weight excluding hydrogens is 300 g/mol. The topological polar surface area (TPSA) is 61.0 Å². The zero-order chi connectivity index (χ0) is 16.9. The van der Waals surface area contributed by atoms with E-state index in [1.165, 1.54) is 51.6 Å². The molecule has 2 aliphatic rings. The number of hydrogen-bond acceptors (Lipinski definition) is 3. The van der Waals surface area contributed by atoms with Crippen molar-refractivity contribution in [3.05, 3.63) is 17.0 Å². The first kappa shape index (κ1) is 17.5. The van der Waals surface area contributed by atoms with Crippen LogP contribution in [0.4, 0.5) is 0 Å². The van der Waals surface area contributed by atoms with Crippen LogP contribution in [0.3, 0.4) is 0 Å². The molecule has 5 heteroatoms. The third-order valence-corrected chi connectivity index (χ3v) is 5.76. The second-order valence-corrected chi connectivity index (χ2v) is 7.61. The fourth-order valence-corrected chi connectivity index (χ4v) is 4.33. The minimum Gasteiger partial charge on any atom is -0.347 e. The maximum atomic E-state index is 12.5. The second kappa shape index (κ2) is 8.15. The number of H-pyrrole nitrogens is 1. The maximum absolute atomic E-state index is 12.5. The number of piperidine rings is 1. The largest absolute Gasteiger partial charge is 0.347 e. The zero-order valence-corrected chi connectivity index (χ0v) is 15.2. The summed E-state index contributed by atoms with van der Waals surface area (Å²) < 4.78 is 0. The van der Waals surface area contributed by atoms with Crippen molar-refractivity contribution in [3.63, 3.8) is 0 Å². The van der Waals surface area contributed by atoms with Gasteiger partial charge in [0.25, 0.3) is 5.91 Å². The average molecular weight is 332 g/mol. The summed E-state index contributed by atoms with van der Waals surface area (Å²) >= 11 is 0. The van der Waals surface area contributed by atoms with Crippen molar-refractivity contribution in [2.45, 2.75) is 71.3 Å². The molecule has 0 spiro atoms. The van der Waals surface area contributed by atoms with Gasteiger partial charge in [0.2, 0.25) is 0 Å². The van der Waals surface area contributed by atoms with Gasteiger partial charge in [0, 0.05) is 30.4 Å². The van der Waals surface area contributed by atoms with Crippen LogP contribution in [-0.4, -0.2) is 46.7 Å². The molecule has 5 nitrogen and oxygen atoms in total. The van der Waals surface area contributed by atoms with Crippen LogP contribution in [0.25, 0.3) is 0 Å². The standard InChI is InChI=1S/C19H32N4O/c1-3-17-14(2)18(22-21-17)19(24)20-16-10-7-11-23(13-16)12-15-8-5-4-6-9-15/h15-16H,3-13H2,1-2H3,(H,20,24)(H,21,22)/t16-/m0/s1. The Labute approximate surface area is 145 Å². The molecule has 2 heterocycles. The van der Waals surface area contributed by atoms with Crippen molar-refractivity contribution < 1.29 is 4.79 Å². The van der Waals surface area contributed by atoms with Gasteiger partial charge in [0.05, 0.1) is 0 Å². The third kappa shape index (κ3) is 4.18. The molecule has 24 heavy (non-hydrogen) atoms. The fraction of sp³-hybridized carbons (Fsp3) is 0.789. The van der Waals surface area contributed by atoms with Crippen LogP contribution >= 0.6 is 0 Å². The van der Waals surface area contributed by atoms with E-state index in [1.54, 1.807) is 0 Å². The quantitative estimate of drug-likeness (QED) is 0.871. The van der Waals surface area contributed by atoms with E-state index in [-0.39, 0.29) is 11.9 Å². The van der Waals surface area contributed by atoms with E-state index in [4.69, 9.17) is 0 Å². The third-order valence-electron chi connectivity index (χ3n) is 5.76. The van der Waals surface area contributed by atoms with Gasteiger partial charge >= 0.3 is 0 Å². The molecule has 2 N–H and O–H groups in total. The van der Waals surface area contributed by atoms with E-state index in [0.29, 0.717) is 5.69 Å². The van der Waals surface area contributed by atoms with Gasteiger partial charge in [-0.25, -0.2) is 0 Å². The number of nitrogens with zero attached hydrogens (tertiary/aromatic N) is 2. The summed E-state index contributed by atoms with van der Waals surface area (Å²) in [6, 6.07) is 0.260. The van der Waals surface area contributed by atoms with Crippen molar-refractivity contribution in [2.24, 2.45) is 5.92 Å². The summed E-state index contributed by atoms with van der Waals surface area (Å²) in [5.74, 6) is 0.849. The van der Waals surface area contributed by atoms with Gasteiger partial charge in [-0.15, -0.1) is 0 Å². The molecule has 3 rings (SSSR count). The Balaban J connectivity index is 1.52. The number of rotatable bonds is 5. The fourth-order valence-electron chi connectivity index (χ4n) is 4.33. The van der Waals surface area contributed by atoms with Gasteiger partial charge in [-0.1, -0.05) is 26.2 Å². The lowest BCUT2D eigenvalue weighted by atomic mass is 9.88. The van der Waals surface area contributed by atoms with Crippen molar-refractivity contribution >= 4 is 5.91 Å². The van der Waals surface area contributed by atoms with Gasteiger partial charge < -0.3 is 10.2 Å². The SMILES string of the molecule is CCc1[nH]nc(C(=O)N[C@H]2CCCN(CC3CCCCC3)C2)c1C. The molecule has 1 aromatic rings. The summed E-state index contributed by atoms with van der Waals surface area (Å²) in [4.78, 5) is 15.1. The predicted octanol–water partition coefficient (Wildman–Crippen LogP) is 3.06. The van der Waals surface area contributed by atoms with E-state index >= 15 is 0 Å². The Hall–Kier alpha value is -1.36. The van der Waals surface area contributed by atoms with Crippen LogP contribution < -0.4 is 5.32 Å². The molecule has 0 aromatic carbocycles.